The molecule has 2 rings (SSSR count). The van der Waals surface area contributed by atoms with Crippen molar-refractivity contribution in [3.63, 3.8) is 0 Å². The standard InChI is InChI=1S/C45H70N12O15/c1-2-3-4-5-6-7-8-9-10-11-16-49-39(66)31-21-37(64)52-32(23-58)44(71)53-27(17-25-12-14-26(60)15-13-25)41(68)54-28(18-34(46)61)40(67)50-22-38(65)51-29(19-35(47)62)42(69)57-33(24-59)45(72)55-30(20-36(48)63)43(70)56-31/h12-15,27-33,58-60H,2-11,16-24H2,1H3,(H2,46,61)(H2,47,62)(H2,48,63)(H,49,66)(H,50,67)(H,51,65)(H,52,64)(H,53,71)(H,54,68)(H,55,72)(H,56,70)(H,57,69)/t27-,28-,29-,30+,31-,32-,33+/m1/s1. The van der Waals surface area contributed by atoms with Gasteiger partial charge in [0.25, 0.3) is 0 Å². The number of aliphatic hydroxyl groups excluding tert-OH is 2. The van der Waals surface area contributed by atoms with Crippen LogP contribution in [-0.2, 0) is 64.0 Å². The van der Waals surface area contributed by atoms with E-state index >= 15 is 0 Å². The third-order valence-corrected chi connectivity index (χ3v) is 11.1. The molecule has 0 spiro atoms. The van der Waals surface area contributed by atoms with Gasteiger partial charge in [-0.3, -0.25) is 57.5 Å². The summed E-state index contributed by atoms with van der Waals surface area (Å²) < 4.78 is 0. The van der Waals surface area contributed by atoms with Crippen LogP contribution in [0.1, 0.15) is 102 Å². The SMILES string of the molecule is CCCCCCCCCCCCNC(=O)[C@H]1CC(=O)N[C@H](CO)C(=O)N[C@H](Cc2ccc(O)cc2)C(=O)N[C@H](CC(N)=O)C(=O)NCC(=O)N[C@H](CC(N)=O)C(=O)N[C@@H](CO)C(=O)N[C@@H](CC(N)=O)C(=O)N1. The lowest BCUT2D eigenvalue weighted by Gasteiger charge is -2.26. The number of benzene rings is 1. The molecule has 12 amide bonds. The number of carbonyl (C=O) groups excluding carboxylic acids is 12. The molecular weight excluding hydrogens is 949 g/mol. The molecule has 18 N–H and O–H groups in total. The molecule has 0 radical (unpaired) electrons. The molecule has 1 aliphatic heterocycles. The van der Waals surface area contributed by atoms with Gasteiger partial charge in [0.05, 0.1) is 45.4 Å². The normalized spacial score (nSPS) is 22.4. The van der Waals surface area contributed by atoms with E-state index in [9.17, 15) is 72.9 Å². The summed E-state index contributed by atoms with van der Waals surface area (Å²) in [6.07, 6.45) is 5.91. The topological polar surface area (TPSA) is 452 Å². The van der Waals surface area contributed by atoms with Crippen molar-refractivity contribution in [2.45, 2.75) is 146 Å². The Labute approximate surface area is 415 Å². The second kappa shape index (κ2) is 32.5. The van der Waals surface area contributed by atoms with E-state index in [1.807, 2.05) is 0 Å². The lowest BCUT2D eigenvalue weighted by atomic mass is 10.0. The van der Waals surface area contributed by atoms with Gasteiger partial charge in [-0.25, -0.2) is 0 Å². The Bertz CT molecular complexity index is 2060. The van der Waals surface area contributed by atoms with E-state index in [0.717, 1.165) is 44.9 Å². The van der Waals surface area contributed by atoms with Crippen LogP contribution in [0.25, 0.3) is 0 Å². The Balaban J connectivity index is 2.58. The molecule has 0 bridgehead atoms. The van der Waals surface area contributed by atoms with Crippen molar-refractivity contribution in [3.05, 3.63) is 29.8 Å². The first-order valence-corrected chi connectivity index (χ1v) is 23.7. The number of hydrogen-bond donors (Lipinski definition) is 15. The monoisotopic (exact) mass is 1020 g/mol. The number of primary amides is 3. The number of unbranched alkanes of at least 4 members (excludes halogenated alkanes) is 9. The Morgan fingerprint density at radius 3 is 1.44 bits per heavy atom. The summed E-state index contributed by atoms with van der Waals surface area (Å²) in [7, 11) is 0. The molecule has 1 fully saturated rings. The number of nitrogens with one attached hydrogen (secondary N) is 9. The molecule has 7 atom stereocenters. The number of rotatable bonds is 22. The molecule has 1 aliphatic rings. The van der Waals surface area contributed by atoms with Gasteiger partial charge in [0, 0.05) is 13.0 Å². The number of phenolic OH excluding ortho intramolecular Hbond substituents is 1. The lowest BCUT2D eigenvalue weighted by molar-refractivity contribution is -0.137. The maximum absolute atomic E-state index is 13.9. The van der Waals surface area contributed by atoms with Gasteiger partial charge in [0.15, 0.2) is 0 Å². The molecule has 400 valence electrons. The summed E-state index contributed by atoms with van der Waals surface area (Å²) in [5.41, 5.74) is 16.3. The number of hydrogen-bond acceptors (Lipinski definition) is 15. The van der Waals surface area contributed by atoms with E-state index in [4.69, 9.17) is 17.2 Å². The van der Waals surface area contributed by atoms with Crippen molar-refractivity contribution in [1.29, 1.82) is 0 Å². The number of amides is 12. The van der Waals surface area contributed by atoms with Crippen LogP contribution >= 0.6 is 0 Å². The van der Waals surface area contributed by atoms with Crippen LogP contribution in [0, 0.1) is 0 Å². The third kappa shape index (κ3) is 23.5. The van der Waals surface area contributed by atoms with Gasteiger partial charge >= 0.3 is 0 Å². The molecular formula is C45H70N12O15. The molecule has 0 saturated carbocycles. The first kappa shape index (κ1) is 60.7. The molecule has 1 aromatic carbocycles. The summed E-state index contributed by atoms with van der Waals surface area (Å²) >= 11 is 0. The van der Waals surface area contributed by atoms with Gasteiger partial charge in [0.1, 0.15) is 48.0 Å². The molecule has 1 heterocycles. The Hall–Kier alpha value is -7.42. The Morgan fingerprint density at radius 2 is 0.931 bits per heavy atom. The van der Waals surface area contributed by atoms with E-state index in [1.54, 1.807) is 0 Å². The molecule has 0 aromatic heterocycles. The van der Waals surface area contributed by atoms with Crippen molar-refractivity contribution >= 4 is 70.9 Å². The first-order valence-electron chi connectivity index (χ1n) is 23.7. The third-order valence-electron chi connectivity index (χ3n) is 11.1. The van der Waals surface area contributed by atoms with Crippen molar-refractivity contribution < 1.29 is 72.9 Å². The zero-order chi connectivity index (χ0) is 53.8. The Kier molecular flexibility index (Phi) is 27.4. The minimum atomic E-state index is -1.95. The maximum Gasteiger partial charge on any atom is 0.245 e. The zero-order valence-corrected chi connectivity index (χ0v) is 40.3. The van der Waals surface area contributed by atoms with Crippen molar-refractivity contribution in [2.75, 3.05) is 26.3 Å². The van der Waals surface area contributed by atoms with Gasteiger partial charge < -0.3 is 80.4 Å². The van der Waals surface area contributed by atoms with Crippen LogP contribution in [0.4, 0.5) is 0 Å². The van der Waals surface area contributed by atoms with Gasteiger partial charge in [-0.05, 0) is 24.1 Å². The summed E-state index contributed by atoms with van der Waals surface area (Å²) in [6, 6.07) is -7.58. The number of aliphatic hydroxyl groups is 2. The van der Waals surface area contributed by atoms with Crippen LogP contribution in [0.5, 0.6) is 5.75 Å². The molecule has 27 nitrogen and oxygen atoms in total. The summed E-state index contributed by atoms with van der Waals surface area (Å²) in [6.45, 7) is -1.03. The highest BCUT2D eigenvalue weighted by atomic mass is 16.3. The van der Waals surface area contributed by atoms with Crippen molar-refractivity contribution in [3.8, 4) is 5.75 Å². The zero-order valence-electron chi connectivity index (χ0n) is 40.3. The molecule has 0 unspecified atom stereocenters. The van der Waals surface area contributed by atoms with E-state index in [-0.39, 0.29) is 18.7 Å². The van der Waals surface area contributed by atoms with Crippen LogP contribution in [0.3, 0.4) is 0 Å². The summed E-state index contributed by atoms with van der Waals surface area (Å²) in [5.74, 6) is -14.2. The second-order valence-corrected chi connectivity index (χ2v) is 17.2. The lowest BCUT2D eigenvalue weighted by Crippen LogP contribution is -2.60. The predicted molar refractivity (Wildman–Crippen MR) is 253 cm³/mol. The van der Waals surface area contributed by atoms with Crippen molar-refractivity contribution in [1.82, 2.24) is 47.9 Å². The summed E-state index contributed by atoms with van der Waals surface area (Å²) in [5, 5.41) is 50.3. The predicted octanol–water partition coefficient (Wildman–Crippen LogP) is -5.50. The average molecular weight is 1020 g/mol. The van der Waals surface area contributed by atoms with Crippen LogP contribution in [0.2, 0.25) is 0 Å². The highest BCUT2D eigenvalue weighted by Crippen LogP contribution is 2.13. The van der Waals surface area contributed by atoms with Crippen LogP contribution in [-0.4, -0.2) is 155 Å². The second-order valence-electron chi connectivity index (χ2n) is 17.2. The quantitative estimate of drug-likeness (QED) is 0.0482. The van der Waals surface area contributed by atoms with Gasteiger partial charge in [0.2, 0.25) is 70.9 Å². The van der Waals surface area contributed by atoms with Crippen LogP contribution in [0.15, 0.2) is 24.3 Å². The first-order chi connectivity index (χ1) is 34.2. The minimum Gasteiger partial charge on any atom is -0.508 e. The fraction of sp³-hybridized carbons (Fsp3) is 0.600. The number of phenols is 1. The number of carbonyl (C=O) groups is 12. The van der Waals surface area contributed by atoms with E-state index in [0.29, 0.717) is 12.0 Å². The van der Waals surface area contributed by atoms with Crippen LogP contribution < -0.4 is 65.1 Å². The minimum absolute atomic E-state index is 0.0912. The fourth-order valence-electron chi connectivity index (χ4n) is 7.19. The smallest absolute Gasteiger partial charge is 0.245 e. The highest BCUT2D eigenvalue weighted by molar-refractivity contribution is 6.00. The molecule has 0 aliphatic carbocycles. The largest absolute Gasteiger partial charge is 0.508 e. The maximum atomic E-state index is 13.9. The van der Waals surface area contributed by atoms with Gasteiger partial charge in [-0.15, -0.1) is 0 Å². The van der Waals surface area contributed by atoms with Crippen molar-refractivity contribution in [2.24, 2.45) is 17.2 Å². The van der Waals surface area contributed by atoms with Gasteiger partial charge in [-0.1, -0.05) is 76.8 Å². The number of aromatic hydroxyl groups is 1. The molecule has 27 heteroatoms. The van der Waals surface area contributed by atoms with E-state index in [2.05, 4.69) is 54.8 Å². The van der Waals surface area contributed by atoms with E-state index < -0.39 is 159 Å². The average Bonchev–Trinajstić information content (AvgIpc) is 3.31. The Morgan fingerprint density at radius 1 is 0.528 bits per heavy atom. The number of nitrogens with two attached hydrogens (primary N) is 3. The molecule has 1 saturated heterocycles. The highest BCUT2D eigenvalue weighted by Gasteiger charge is 2.35. The fourth-order valence-corrected chi connectivity index (χ4v) is 7.19. The molecule has 72 heavy (non-hydrogen) atoms. The molecule has 1 aromatic rings. The van der Waals surface area contributed by atoms with E-state index in [1.165, 1.54) is 37.1 Å². The summed E-state index contributed by atoms with van der Waals surface area (Å²) in [4.78, 5) is 158. The van der Waals surface area contributed by atoms with Gasteiger partial charge in [-0.2, -0.15) is 0 Å².